The van der Waals surface area contributed by atoms with Crippen LogP contribution in [-0.4, -0.2) is 26.2 Å². The number of rotatable bonds is 0. The summed E-state index contributed by atoms with van der Waals surface area (Å²) < 4.78 is 0. The van der Waals surface area contributed by atoms with E-state index in [1.165, 1.54) is 13.1 Å². The molecule has 2 nitrogen and oxygen atoms in total. The van der Waals surface area contributed by atoms with Crippen LogP contribution in [0.1, 0.15) is 0 Å². The van der Waals surface area contributed by atoms with Crippen molar-refractivity contribution in [2.75, 3.05) is 26.2 Å². The van der Waals surface area contributed by atoms with Crippen molar-refractivity contribution in [1.29, 1.82) is 0 Å². The van der Waals surface area contributed by atoms with Gasteiger partial charge in [0.25, 0.3) is 0 Å². The van der Waals surface area contributed by atoms with Gasteiger partial charge >= 0.3 is 0 Å². The molecule has 1 N–H and O–H groups in total. The van der Waals surface area contributed by atoms with E-state index < -0.39 is 0 Å². The van der Waals surface area contributed by atoms with Crippen LogP contribution in [0.2, 0.25) is 0 Å². The van der Waals surface area contributed by atoms with Crippen LogP contribution >= 0.6 is 0 Å². The minimum absolute atomic E-state index is 0. The molecule has 9 heavy (non-hydrogen) atoms. The molecule has 2 saturated heterocycles. The van der Waals surface area contributed by atoms with Gasteiger partial charge in [-0.05, 0) is 24.9 Å². The SMILES string of the molecule is C1[N-]CC2CNCC12.[W]. The Morgan fingerprint density at radius 3 is 2.22 bits per heavy atom. The van der Waals surface area contributed by atoms with Gasteiger partial charge in [-0.15, -0.1) is 13.1 Å². The zero-order chi connectivity index (χ0) is 5.40. The molecule has 2 aliphatic heterocycles. The largest absolute Gasteiger partial charge is 0.662 e. The van der Waals surface area contributed by atoms with Crippen LogP contribution in [0.25, 0.3) is 5.32 Å². The van der Waals surface area contributed by atoms with Gasteiger partial charge in [0, 0.05) is 21.1 Å². The molecule has 0 spiro atoms. The van der Waals surface area contributed by atoms with Crippen LogP contribution in [0, 0.1) is 11.8 Å². The van der Waals surface area contributed by atoms with Crippen molar-refractivity contribution in [2.24, 2.45) is 11.8 Å². The minimum atomic E-state index is 0. The average molecular weight is 295 g/mol. The maximum atomic E-state index is 4.33. The quantitative estimate of drug-likeness (QED) is 0.679. The first kappa shape index (κ1) is 7.71. The molecule has 0 bridgehead atoms. The van der Waals surface area contributed by atoms with Crippen LogP contribution in [0.3, 0.4) is 0 Å². The van der Waals surface area contributed by atoms with Gasteiger partial charge in [-0.25, -0.2) is 0 Å². The Labute approximate surface area is 70.0 Å². The maximum Gasteiger partial charge on any atom is 0 e. The Balaban J connectivity index is 0.000000405. The first-order valence-corrected chi connectivity index (χ1v) is 3.31. The predicted octanol–water partition coefficient (Wildman–Crippen LogP) is 0.207. The van der Waals surface area contributed by atoms with Gasteiger partial charge in [0.2, 0.25) is 0 Å². The van der Waals surface area contributed by atoms with Crippen LogP contribution in [0.15, 0.2) is 0 Å². The number of fused-ring (bicyclic) bond motifs is 1. The van der Waals surface area contributed by atoms with Crippen LogP contribution in [0.4, 0.5) is 0 Å². The van der Waals surface area contributed by atoms with E-state index in [4.69, 9.17) is 0 Å². The van der Waals surface area contributed by atoms with E-state index in [-0.39, 0.29) is 21.1 Å². The molecule has 2 heterocycles. The number of hydrogen-bond acceptors (Lipinski definition) is 1. The molecule has 0 amide bonds. The molecule has 2 rings (SSSR count). The molecule has 0 aromatic carbocycles. The van der Waals surface area contributed by atoms with Gasteiger partial charge in [-0.3, -0.25) is 0 Å². The summed E-state index contributed by atoms with van der Waals surface area (Å²) in [6.07, 6.45) is 0. The van der Waals surface area contributed by atoms with E-state index in [1.807, 2.05) is 0 Å². The topological polar surface area (TPSA) is 26.1 Å². The molecule has 0 aliphatic carbocycles. The molecule has 2 fully saturated rings. The minimum Gasteiger partial charge on any atom is -0.662 e. The second kappa shape index (κ2) is 3.13. The van der Waals surface area contributed by atoms with Crippen LogP contribution in [0.5, 0.6) is 0 Å². The molecule has 2 aliphatic rings. The van der Waals surface area contributed by atoms with E-state index in [2.05, 4.69) is 10.6 Å². The van der Waals surface area contributed by atoms with E-state index in [9.17, 15) is 0 Å². The van der Waals surface area contributed by atoms with Crippen LogP contribution < -0.4 is 5.32 Å². The summed E-state index contributed by atoms with van der Waals surface area (Å²) in [6.45, 7) is 4.68. The Morgan fingerprint density at radius 2 is 1.67 bits per heavy atom. The van der Waals surface area contributed by atoms with Gasteiger partial charge in [-0.2, -0.15) is 0 Å². The van der Waals surface area contributed by atoms with Gasteiger partial charge < -0.3 is 10.6 Å². The van der Waals surface area contributed by atoms with Gasteiger partial charge in [0.1, 0.15) is 0 Å². The number of nitrogens with one attached hydrogen (secondary N) is 1. The second-order valence-electron chi connectivity index (χ2n) is 2.77. The normalized spacial score (nSPS) is 40.0. The Kier molecular flexibility index (Phi) is 2.69. The third-order valence-corrected chi connectivity index (χ3v) is 2.21. The fraction of sp³-hybridized carbons (Fsp3) is 1.00. The summed E-state index contributed by atoms with van der Waals surface area (Å²) in [5, 5.41) is 7.69. The third-order valence-electron chi connectivity index (χ3n) is 2.21. The number of nitrogens with zero attached hydrogens (tertiary/aromatic N) is 1. The monoisotopic (exact) mass is 295 g/mol. The molecule has 2 unspecified atom stereocenters. The van der Waals surface area contributed by atoms with Crippen molar-refractivity contribution >= 4 is 0 Å². The molecule has 0 aromatic rings. The first-order valence-electron chi connectivity index (χ1n) is 3.31. The summed E-state index contributed by atoms with van der Waals surface area (Å²) in [6, 6.07) is 0. The fourth-order valence-corrected chi connectivity index (χ4v) is 1.62. The first-order chi connectivity index (χ1) is 3.97. The summed E-state index contributed by atoms with van der Waals surface area (Å²) in [7, 11) is 0. The summed E-state index contributed by atoms with van der Waals surface area (Å²) in [5.74, 6) is 1.80. The number of hydrogen-bond donors (Lipinski definition) is 1. The Hall–Kier alpha value is 0.608. The average Bonchev–Trinajstić information content (AvgIpc) is 2.15. The summed E-state index contributed by atoms with van der Waals surface area (Å²) in [5.41, 5.74) is 0. The predicted molar refractivity (Wildman–Crippen MR) is 32.9 cm³/mol. The second-order valence-corrected chi connectivity index (χ2v) is 2.77. The smallest absolute Gasteiger partial charge is 0 e. The van der Waals surface area contributed by atoms with Crippen molar-refractivity contribution in [3.8, 4) is 0 Å². The maximum absolute atomic E-state index is 4.33. The molecule has 3 heteroatoms. The molecule has 0 aromatic heterocycles. The zero-order valence-electron chi connectivity index (χ0n) is 5.34. The molecule has 0 saturated carbocycles. The van der Waals surface area contributed by atoms with Gasteiger partial charge in [0.15, 0.2) is 0 Å². The van der Waals surface area contributed by atoms with Gasteiger partial charge in [0.05, 0.1) is 0 Å². The van der Waals surface area contributed by atoms with E-state index in [0.29, 0.717) is 0 Å². The van der Waals surface area contributed by atoms with E-state index >= 15 is 0 Å². The zero-order valence-corrected chi connectivity index (χ0v) is 8.27. The van der Waals surface area contributed by atoms with Gasteiger partial charge in [-0.1, -0.05) is 0 Å². The van der Waals surface area contributed by atoms with Crippen molar-refractivity contribution in [3.05, 3.63) is 5.32 Å². The molecule has 2 atom stereocenters. The molecule has 0 radical (unpaired) electrons. The third kappa shape index (κ3) is 1.36. The summed E-state index contributed by atoms with van der Waals surface area (Å²) in [4.78, 5) is 0. The van der Waals surface area contributed by atoms with Crippen molar-refractivity contribution in [3.63, 3.8) is 0 Å². The van der Waals surface area contributed by atoms with Crippen LogP contribution in [-0.2, 0) is 21.1 Å². The standard InChI is InChI=1S/C6H11N2.W/c1-5-2-8-4-6(5)3-7-1;/h5-7H,1-4H2;/q-1;. The fourth-order valence-electron chi connectivity index (χ4n) is 1.62. The molecule has 52 valence electrons. The summed E-state index contributed by atoms with van der Waals surface area (Å²) >= 11 is 0. The Morgan fingerprint density at radius 1 is 1.11 bits per heavy atom. The van der Waals surface area contributed by atoms with E-state index in [1.54, 1.807) is 0 Å². The van der Waals surface area contributed by atoms with Crippen molar-refractivity contribution in [2.45, 2.75) is 0 Å². The van der Waals surface area contributed by atoms with Crippen molar-refractivity contribution < 1.29 is 21.1 Å². The molecular weight excluding hydrogens is 284 g/mol. The van der Waals surface area contributed by atoms with E-state index in [0.717, 1.165) is 24.9 Å². The molecular formula is C6H11N2W-. The van der Waals surface area contributed by atoms with Crippen molar-refractivity contribution in [1.82, 2.24) is 5.32 Å². The Bertz CT molecular complexity index is 77.1.